The Labute approximate surface area is 185 Å². The molecule has 0 saturated heterocycles. The number of nitrogens with zero attached hydrogens (tertiary/aromatic N) is 2. The molecule has 31 heavy (non-hydrogen) atoms. The van der Waals surface area contributed by atoms with E-state index < -0.39 is 0 Å². The fourth-order valence-electron chi connectivity index (χ4n) is 4.37. The van der Waals surface area contributed by atoms with Gasteiger partial charge >= 0.3 is 0 Å². The van der Waals surface area contributed by atoms with Gasteiger partial charge in [0.05, 0.1) is 12.5 Å². The van der Waals surface area contributed by atoms with E-state index >= 15 is 0 Å². The average molecular weight is 414 g/mol. The molecule has 0 aromatic heterocycles. The Morgan fingerprint density at radius 1 is 1.03 bits per heavy atom. The molecule has 1 atom stereocenters. The maximum absolute atomic E-state index is 12.7. The van der Waals surface area contributed by atoms with Gasteiger partial charge < -0.3 is 15.1 Å². The van der Waals surface area contributed by atoms with Gasteiger partial charge in [-0.1, -0.05) is 60.2 Å². The minimum Gasteiger partial charge on any atom is -0.378 e. The predicted molar refractivity (Wildman–Crippen MR) is 129 cm³/mol. The average Bonchev–Trinajstić information content (AvgIpc) is 3.18. The lowest BCUT2D eigenvalue weighted by Gasteiger charge is -2.31. The van der Waals surface area contributed by atoms with Crippen molar-refractivity contribution >= 4 is 17.3 Å². The molecule has 0 radical (unpaired) electrons. The largest absolute Gasteiger partial charge is 0.378 e. The van der Waals surface area contributed by atoms with Gasteiger partial charge in [-0.2, -0.15) is 0 Å². The summed E-state index contributed by atoms with van der Waals surface area (Å²) in [7, 11) is 4.10. The van der Waals surface area contributed by atoms with E-state index in [-0.39, 0.29) is 11.9 Å². The zero-order valence-corrected chi connectivity index (χ0v) is 18.6. The summed E-state index contributed by atoms with van der Waals surface area (Å²) in [6, 6.07) is 25.5. The quantitative estimate of drug-likeness (QED) is 0.618. The number of fused-ring (bicyclic) bond motifs is 1. The zero-order valence-electron chi connectivity index (χ0n) is 18.6. The number of aryl methyl sites for hydroxylation is 1. The first-order valence-corrected chi connectivity index (χ1v) is 11.0. The fraction of sp³-hybridized carbons (Fsp3) is 0.296. The molecule has 0 saturated carbocycles. The summed E-state index contributed by atoms with van der Waals surface area (Å²) >= 11 is 0. The summed E-state index contributed by atoms with van der Waals surface area (Å²) in [4.78, 5) is 17.3. The molecule has 0 unspecified atom stereocenters. The van der Waals surface area contributed by atoms with Crippen molar-refractivity contribution in [3.63, 3.8) is 0 Å². The molecule has 4 heteroatoms. The van der Waals surface area contributed by atoms with Gasteiger partial charge in [-0.15, -0.1) is 0 Å². The summed E-state index contributed by atoms with van der Waals surface area (Å²) in [6.45, 7) is 3.60. The molecular formula is C27H31N3O. The minimum atomic E-state index is 0.0630. The Balaban J connectivity index is 1.53. The smallest absolute Gasteiger partial charge is 0.224 e. The predicted octanol–water partition coefficient (Wildman–Crippen LogP) is 4.52. The molecule has 3 aromatic rings. The number of para-hydroxylation sites is 1. The van der Waals surface area contributed by atoms with Crippen molar-refractivity contribution in [2.24, 2.45) is 0 Å². The Bertz CT molecular complexity index is 1040. The molecule has 1 aliphatic heterocycles. The van der Waals surface area contributed by atoms with Crippen molar-refractivity contribution in [3.05, 3.63) is 95.1 Å². The van der Waals surface area contributed by atoms with E-state index in [9.17, 15) is 4.79 Å². The van der Waals surface area contributed by atoms with E-state index in [1.807, 2.05) is 12.1 Å². The molecule has 1 N–H and O–H groups in total. The molecule has 1 amide bonds. The number of amides is 1. The molecule has 0 spiro atoms. The molecular weight excluding hydrogens is 382 g/mol. The van der Waals surface area contributed by atoms with Gasteiger partial charge in [-0.25, -0.2) is 0 Å². The normalized spacial score (nSPS) is 13.6. The van der Waals surface area contributed by atoms with Gasteiger partial charge in [0.25, 0.3) is 0 Å². The number of benzene rings is 3. The van der Waals surface area contributed by atoms with Crippen LogP contribution in [0.25, 0.3) is 0 Å². The van der Waals surface area contributed by atoms with Gasteiger partial charge in [0.1, 0.15) is 0 Å². The van der Waals surface area contributed by atoms with Crippen LogP contribution in [0.2, 0.25) is 0 Å². The van der Waals surface area contributed by atoms with Crippen LogP contribution in [0.15, 0.2) is 72.8 Å². The maximum Gasteiger partial charge on any atom is 0.224 e. The lowest BCUT2D eigenvalue weighted by Crippen LogP contribution is -2.38. The van der Waals surface area contributed by atoms with Crippen LogP contribution < -0.4 is 15.1 Å². The second-order valence-electron chi connectivity index (χ2n) is 8.54. The van der Waals surface area contributed by atoms with Crippen LogP contribution in [-0.4, -0.2) is 33.1 Å². The summed E-state index contributed by atoms with van der Waals surface area (Å²) in [6.07, 6.45) is 1.45. The molecule has 0 fully saturated rings. The Kier molecular flexibility index (Phi) is 6.26. The van der Waals surface area contributed by atoms with Crippen LogP contribution in [0.5, 0.6) is 0 Å². The molecule has 0 bridgehead atoms. The number of hydrogen-bond acceptors (Lipinski definition) is 3. The minimum absolute atomic E-state index is 0.0630. The van der Waals surface area contributed by atoms with Crippen LogP contribution in [0, 0.1) is 6.92 Å². The highest BCUT2D eigenvalue weighted by Gasteiger charge is 2.27. The second-order valence-corrected chi connectivity index (χ2v) is 8.54. The number of carbonyl (C=O) groups is 1. The van der Waals surface area contributed by atoms with Crippen LogP contribution in [0.3, 0.4) is 0 Å². The zero-order chi connectivity index (χ0) is 21.8. The summed E-state index contributed by atoms with van der Waals surface area (Å²) in [5.41, 5.74) is 7.28. The molecule has 0 aliphatic carbocycles. The number of anilines is 2. The molecule has 1 heterocycles. The highest BCUT2D eigenvalue weighted by atomic mass is 16.1. The van der Waals surface area contributed by atoms with Crippen LogP contribution in [0.4, 0.5) is 11.4 Å². The number of rotatable bonds is 7. The molecule has 4 rings (SSSR count). The summed E-state index contributed by atoms with van der Waals surface area (Å²) in [5, 5.41) is 3.20. The van der Waals surface area contributed by atoms with E-state index in [2.05, 4.69) is 96.8 Å². The number of carbonyl (C=O) groups excluding carboxylic acids is 1. The van der Waals surface area contributed by atoms with Gasteiger partial charge in [-0.05, 0) is 48.2 Å². The summed E-state index contributed by atoms with van der Waals surface area (Å²) < 4.78 is 0. The van der Waals surface area contributed by atoms with Gasteiger partial charge in [0, 0.05) is 38.6 Å². The molecule has 1 aliphatic rings. The Morgan fingerprint density at radius 3 is 2.55 bits per heavy atom. The first kappa shape index (κ1) is 21.0. The van der Waals surface area contributed by atoms with E-state index in [4.69, 9.17) is 0 Å². The molecule has 4 nitrogen and oxygen atoms in total. The van der Waals surface area contributed by atoms with Crippen LogP contribution >= 0.6 is 0 Å². The SMILES string of the molecule is Cc1cccc(CC(=O)NC[C@@H](c2ccc(N(C)C)cc2)N2CCc3ccccc32)c1. The van der Waals surface area contributed by atoms with Crippen LogP contribution in [-0.2, 0) is 17.6 Å². The fourth-order valence-corrected chi connectivity index (χ4v) is 4.37. The molecule has 160 valence electrons. The van der Waals surface area contributed by atoms with E-state index in [0.29, 0.717) is 13.0 Å². The highest BCUT2D eigenvalue weighted by molar-refractivity contribution is 5.78. The summed E-state index contributed by atoms with van der Waals surface area (Å²) in [5.74, 6) is 0.0630. The standard InChI is InChI=1S/C27H31N3O/c1-20-7-6-8-21(17-20)18-27(31)28-19-26(23-11-13-24(14-12-23)29(2)3)30-16-15-22-9-4-5-10-25(22)30/h4-14,17,26H,15-16,18-19H2,1-3H3,(H,28,31)/t26-/m0/s1. The third-order valence-corrected chi connectivity index (χ3v) is 6.03. The van der Waals surface area contributed by atoms with Crippen LogP contribution in [0.1, 0.15) is 28.3 Å². The van der Waals surface area contributed by atoms with Gasteiger partial charge in [0.2, 0.25) is 5.91 Å². The van der Waals surface area contributed by atoms with Crippen molar-refractivity contribution < 1.29 is 4.79 Å². The Hall–Kier alpha value is -3.27. The van der Waals surface area contributed by atoms with Crippen molar-refractivity contribution in [1.29, 1.82) is 0 Å². The molecule has 3 aromatic carbocycles. The Morgan fingerprint density at radius 2 is 1.81 bits per heavy atom. The lowest BCUT2D eigenvalue weighted by atomic mass is 10.0. The van der Waals surface area contributed by atoms with Gasteiger partial charge in [-0.3, -0.25) is 4.79 Å². The third-order valence-electron chi connectivity index (χ3n) is 6.03. The second kappa shape index (κ2) is 9.25. The number of nitrogens with one attached hydrogen (secondary N) is 1. The van der Waals surface area contributed by atoms with Crippen molar-refractivity contribution in [3.8, 4) is 0 Å². The third kappa shape index (κ3) is 4.91. The van der Waals surface area contributed by atoms with E-state index in [1.54, 1.807) is 0 Å². The van der Waals surface area contributed by atoms with Gasteiger partial charge in [0.15, 0.2) is 0 Å². The topological polar surface area (TPSA) is 35.6 Å². The first-order valence-electron chi connectivity index (χ1n) is 11.0. The number of hydrogen-bond donors (Lipinski definition) is 1. The lowest BCUT2D eigenvalue weighted by molar-refractivity contribution is -0.120. The van der Waals surface area contributed by atoms with E-state index in [0.717, 1.165) is 18.5 Å². The van der Waals surface area contributed by atoms with Crippen molar-refractivity contribution in [2.45, 2.75) is 25.8 Å². The van der Waals surface area contributed by atoms with Crippen molar-refractivity contribution in [2.75, 3.05) is 37.0 Å². The monoisotopic (exact) mass is 413 g/mol. The van der Waals surface area contributed by atoms with E-state index in [1.165, 1.54) is 28.1 Å². The highest BCUT2D eigenvalue weighted by Crippen LogP contribution is 2.35. The van der Waals surface area contributed by atoms with Crippen molar-refractivity contribution in [1.82, 2.24) is 5.32 Å². The maximum atomic E-state index is 12.7. The first-order chi connectivity index (χ1) is 15.0.